The van der Waals surface area contributed by atoms with Gasteiger partial charge in [-0.1, -0.05) is 40.2 Å². The minimum absolute atomic E-state index is 0. The maximum absolute atomic E-state index is 4.40. The van der Waals surface area contributed by atoms with Crippen LogP contribution in [0.5, 0.6) is 0 Å². The zero-order valence-electron chi connectivity index (χ0n) is 13.6. The molecule has 0 radical (unpaired) electrons. The van der Waals surface area contributed by atoms with Crippen LogP contribution in [-0.4, -0.2) is 29.9 Å². The summed E-state index contributed by atoms with van der Waals surface area (Å²) in [5, 5.41) is 3.36. The van der Waals surface area contributed by atoms with E-state index in [0.29, 0.717) is 6.54 Å². The predicted molar refractivity (Wildman–Crippen MR) is 110 cm³/mol. The molecule has 6 heteroatoms. The number of rotatable bonds is 4. The fourth-order valence-corrected chi connectivity index (χ4v) is 2.62. The molecule has 0 aliphatic rings. The number of aromatic nitrogens is 1. The molecule has 0 fully saturated rings. The van der Waals surface area contributed by atoms with Gasteiger partial charge in [0.1, 0.15) is 0 Å². The molecule has 2 rings (SSSR count). The van der Waals surface area contributed by atoms with Crippen LogP contribution in [0.3, 0.4) is 0 Å². The molecule has 0 bridgehead atoms. The first-order chi connectivity index (χ1) is 10.6. The first-order valence-corrected chi connectivity index (χ1v) is 7.97. The van der Waals surface area contributed by atoms with Gasteiger partial charge in [0.15, 0.2) is 5.96 Å². The largest absolute Gasteiger partial charge is 0.351 e. The highest BCUT2D eigenvalue weighted by atomic mass is 127. The van der Waals surface area contributed by atoms with Crippen LogP contribution >= 0.6 is 39.9 Å². The first kappa shape index (κ1) is 19.9. The van der Waals surface area contributed by atoms with Crippen molar-refractivity contribution in [1.82, 2.24) is 15.2 Å². The normalized spacial score (nSPS) is 10.9. The van der Waals surface area contributed by atoms with Gasteiger partial charge >= 0.3 is 0 Å². The second kappa shape index (κ2) is 9.87. The lowest BCUT2D eigenvalue weighted by atomic mass is 10.2. The quantitative estimate of drug-likeness (QED) is 0.402. The molecule has 1 aromatic heterocycles. The molecule has 0 amide bonds. The Labute approximate surface area is 163 Å². The third kappa shape index (κ3) is 5.76. The molecule has 1 N–H and O–H groups in total. The maximum Gasteiger partial charge on any atom is 0.194 e. The zero-order chi connectivity index (χ0) is 15.9. The topological polar surface area (TPSA) is 40.5 Å². The Balaban J connectivity index is 0.00000264. The van der Waals surface area contributed by atoms with Gasteiger partial charge in [-0.25, -0.2) is 0 Å². The van der Waals surface area contributed by atoms with Gasteiger partial charge in [0.05, 0.1) is 12.2 Å². The van der Waals surface area contributed by atoms with Gasteiger partial charge < -0.3 is 10.2 Å². The van der Waals surface area contributed by atoms with E-state index in [-0.39, 0.29) is 24.0 Å². The number of aliphatic imine (C=N–C) groups is 1. The van der Waals surface area contributed by atoms with Crippen LogP contribution in [0.25, 0.3) is 0 Å². The number of hydrogen-bond acceptors (Lipinski definition) is 2. The van der Waals surface area contributed by atoms with Gasteiger partial charge in [-0.3, -0.25) is 9.98 Å². The molecule has 0 aliphatic heterocycles. The minimum atomic E-state index is 0. The van der Waals surface area contributed by atoms with E-state index >= 15 is 0 Å². The molecule has 0 saturated carbocycles. The van der Waals surface area contributed by atoms with Crippen molar-refractivity contribution < 1.29 is 0 Å². The van der Waals surface area contributed by atoms with Crippen molar-refractivity contribution in [3.63, 3.8) is 0 Å². The Morgan fingerprint density at radius 3 is 2.65 bits per heavy atom. The van der Waals surface area contributed by atoms with Gasteiger partial charge in [0.25, 0.3) is 0 Å². The van der Waals surface area contributed by atoms with Gasteiger partial charge in [-0.05, 0) is 30.2 Å². The van der Waals surface area contributed by atoms with E-state index in [2.05, 4.69) is 61.2 Å². The monoisotopic (exact) mass is 488 g/mol. The number of halogens is 2. The molecule has 1 aromatic carbocycles. The molecule has 0 unspecified atom stereocenters. The Kier molecular flexibility index (Phi) is 8.54. The van der Waals surface area contributed by atoms with Gasteiger partial charge in [0, 0.05) is 31.3 Å². The van der Waals surface area contributed by atoms with E-state index in [1.807, 2.05) is 31.4 Å². The second-order valence-corrected chi connectivity index (χ2v) is 5.97. The number of nitrogens with zero attached hydrogens (tertiary/aromatic N) is 3. The van der Waals surface area contributed by atoms with Crippen LogP contribution in [0.15, 0.2) is 52.1 Å². The third-order valence-corrected chi connectivity index (χ3v) is 4.24. The highest BCUT2D eigenvalue weighted by Crippen LogP contribution is 2.17. The highest BCUT2D eigenvalue weighted by molar-refractivity contribution is 14.0. The van der Waals surface area contributed by atoms with E-state index in [1.165, 1.54) is 11.1 Å². The van der Waals surface area contributed by atoms with Crippen molar-refractivity contribution in [1.29, 1.82) is 0 Å². The minimum Gasteiger partial charge on any atom is -0.351 e. The molecule has 1 heterocycles. The maximum atomic E-state index is 4.40. The summed E-state index contributed by atoms with van der Waals surface area (Å²) in [6.07, 6.45) is 1.82. The molecule has 2 aromatic rings. The van der Waals surface area contributed by atoms with Crippen LogP contribution in [-0.2, 0) is 13.1 Å². The lowest BCUT2D eigenvalue weighted by Crippen LogP contribution is -2.38. The molecule has 0 atom stereocenters. The molecular formula is C17H22BrIN4. The van der Waals surface area contributed by atoms with E-state index < -0.39 is 0 Å². The van der Waals surface area contributed by atoms with Crippen LogP contribution in [0, 0.1) is 6.92 Å². The average molecular weight is 489 g/mol. The molecule has 0 spiro atoms. The summed E-state index contributed by atoms with van der Waals surface area (Å²) in [5.74, 6) is 0.848. The standard InChI is InChI=1S/C17H21BrN4.HI/c1-13-7-6-10-20-16(13)11-21-17(19-2)22(3)12-14-8-4-5-9-15(14)18;/h4-10H,11-12H2,1-3H3,(H,19,21);1H. The van der Waals surface area contributed by atoms with Gasteiger partial charge in [-0.2, -0.15) is 0 Å². The zero-order valence-corrected chi connectivity index (χ0v) is 17.5. The molecule has 0 saturated heterocycles. The lowest BCUT2D eigenvalue weighted by Gasteiger charge is -2.22. The Morgan fingerprint density at radius 1 is 1.26 bits per heavy atom. The Morgan fingerprint density at radius 2 is 2.00 bits per heavy atom. The molecular weight excluding hydrogens is 467 g/mol. The third-order valence-electron chi connectivity index (χ3n) is 3.47. The number of benzene rings is 1. The van der Waals surface area contributed by atoms with E-state index in [4.69, 9.17) is 0 Å². The summed E-state index contributed by atoms with van der Waals surface area (Å²) in [6, 6.07) is 12.2. The number of guanidine groups is 1. The summed E-state index contributed by atoms with van der Waals surface area (Å²) in [5.41, 5.74) is 3.44. The highest BCUT2D eigenvalue weighted by Gasteiger charge is 2.09. The summed E-state index contributed by atoms with van der Waals surface area (Å²) in [4.78, 5) is 10.8. The molecule has 124 valence electrons. The first-order valence-electron chi connectivity index (χ1n) is 7.17. The SMILES string of the molecule is CN=C(NCc1ncccc1C)N(C)Cc1ccccc1Br.I. The molecule has 23 heavy (non-hydrogen) atoms. The van der Waals surface area contributed by atoms with Crippen molar-refractivity contribution in [2.75, 3.05) is 14.1 Å². The van der Waals surface area contributed by atoms with Crippen LogP contribution < -0.4 is 5.32 Å². The molecule has 4 nitrogen and oxygen atoms in total. The van der Waals surface area contributed by atoms with E-state index in [0.717, 1.165) is 22.7 Å². The predicted octanol–water partition coefficient (Wildman–Crippen LogP) is 3.98. The number of hydrogen-bond donors (Lipinski definition) is 1. The van der Waals surface area contributed by atoms with Crippen molar-refractivity contribution in [2.24, 2.45) is 4.99 Å². The van der Waals surface area contributed by atoms with E-state index in [1.54, 1.807) is 7.05 Å². The van der Waals surface area contributed by atoms with Crippen molar-refractivity contribution in [3.05, 3.63) is 63.9 Å². The van der Waals surface area contributed by atoms with Crippen LogP contribution in [0.2, 0.25) is 0 Å². The Bertz CT molecular complexity index is 661. The van der Waals surface area contributed by atoms with Crippen molar-refractivity contribution in [2.45, 2.75) is 20.0 Å². The number of nitrogens with one attached hydrogen (secondary N) is 1. The van der Waals surface area contributed by atoms with Crippen molar-refractivity contribution >= 4 is 45.9 Å². The summed E-state index contributed by atoms with van der Waals surface area (Å²) in [6.45, 7) is 3.51. The number of aryl methyl sites for hydroxylation is 1. The van der Waals surface area contributed by atoms with Crippen LogP contribution in [0.4, 0.5) is 0 Å². The second-order valence-electron chi connectivity index (χ2n) is 5.12. The van der Waals surface area contributed by atoms with Gasteiger partial charge in [-0.15, -0.1) is 24.0 Å². The smallest absolute Gasteiger partial charge is 0.194 e. The fraction of sp³-hybridized carbons (Fsp3) is 0.294. The molecule has 0 aliphatic carbocycles. The van der Waals surface area contributed by atoms with Crippen molar-refractivity contribution in [3.8, 4) is 0 Å². The summed E-state index contributed by atoms with van der Waals surface area (Å²) in [7, 11) is 3.82. The summed E-state index contributed by atoms with van der Waals surface area (Å²) >= 11 is 3.58. The average Bonchev–Trinajstić information content (AvgIpc) is 2.52. The fourth-order valence-electron chi connectivity index (χ4n) is 2.21. The number of pyridine rings is 1. The van der Waals surface area contributed by atoms with Crippen LogP contribution in [0.1, 0.15) is 16.8 Å². The van der Waals surface area contributed by atoms with Gasteiger partial charge in [0.2, 0.25) is 0 Å². The lowest BCUT2D eigenvalue weighted by molar-refractivity contribution is 0.475. The van der Waals surface area contributed by atoms with E-state index in [9.17, 15) is 0 Å². The summed E-state index contributed by atoms with van der Waals surface area (Å²) < 4.78 is 1.11. The Hall–Kier alpha value is -1.15.